The van der Waals surface area contributed by atoms with Crippen LogP contribution in [-0.2, 0) is 12.3 Å². The highest BCUT2D eigenvalue weighted by Gasteiger charge is 2.22. The van der Waals surface area contributed by atoms with Gasteiger partial charge in [0.1, 0.15) is 5.75 Å². The normalized spacial score (nSPS) is 14.9. The first-order chi connectivity index (χ1) is 15.6. The summed E-state index contributed by atoms with van der Waals surface area (Å²) in [5, 5.41) is 3.83. The molecule has 1 amide bonds. The number of carbonyl (C=O) groups is 1. The number of thioether (sulfide) groups is 1. The zero-order chi connectivity index (χ0) is 22.3. The molecule has 0 spiro atoms. The van der Waals surface area contributed by atoms with Gasteiger partial charge in [0.05, 0.1) is 18.4 Å². The first-order valence-electron chi connectivity index (χ1n) is 10.8. The molecule has 2 heterocycles. The van der Waals surface area contributed by atoms with Crippen LogP contribution in [0.1, 0.15) is 34.1 Å². The number of carbonyl (C=O) groups excluding carboxylic acids is 1. The summed E-state index contributed by atoms with van der Waals surface area (Å²) in [6, 6.07) is 16.0. The Kier molecular flexibility index (Phi) is 7.44. The van der Waals surface area contributed by atoms with Gasteiger partial charge in [0.25, 0.3) is 5.91 Å². The fourth-order valence-corrected chi connectivity index (χ4v) is 4.68. The van der Waals surface area contributed by atoms with Crippen LogP contribution in [0.2, 0.25) is 0 Å². The van der Waals surface area contributed by atoms with Gasteiger partial charge < -0.3 is 14.2 Å². The maximum Gasteiger partial charge on any atom is 0.255 e. The predicted molar refractivity (Wildman–Crippen MR) is 124 cm³/mol. The Balaban J connectivity index is 1.37. The van der Waals surface area contributed by atoms with Gasteiger partial charge in [-0.25, -0.2) is 0 Å². The van der Waals surface area contributed by atoms with Crippen molar-refractivity contribution in [2.24, 2.45) is 0 Å². The average Bonchev–Trinajstić information content (AvgIpc) is 3.10. The number of amides is 1. The summed E-state index contributed by atoms with van der Waals surface area (Å²) in [6.07, 6.45) is 0.957. The number of nitrogens with zero attached hydrogens (tertiary/aromatic N) is 4. The number of rotatable bonds is 7. The Morgan fingerprint density at radius 1 is 1.09 bits per heavy atom. The Hall–Kier alpha value is -2.84. The lowest BCUT2D eigenvalue weighted by Crippen LogP contribution is -2.35. The zero-order valence-corrected chi connectivity index (χ0v) is 19.3. The number of hydrogen-bond acceptors (Lipinski definition) is 7. The minimum Gasteiger partial charge on any atom is -0.497 e. The van der Waals surface area contributed by atoms with Crippen LogP contribution in [0.15, 0.2) is 57.9 Å². The molecule has 1 saturated heterocycles. The van der Waals surface area contributed by atoms with Crippen LogP contribution in [0.5, 0.6) is 5.75 Å². The molecule has 3 aromatic rings. The lowest BCUT2D eigenvalue weighted by Gasteiger charge is -2.23. The fraction of sp³-hybridized carbons (Fsp3) is 0.375. The topological polar surface area (TPSA) is 71.7 Å². The summed E-state index contributed by atoms with van der Waals surface area (Å²) in [7, 11) is 1.68. The third-order valence-corrected chi connectivity index (χ3v) is 6.54. The Labute approximate surface area is 192 Å². The number of hydrogen-bond donors (Lipinski definition) is 0. The second-order valence-corrected chi connectivity index (χ2v) is 8.81. The van der Waals surface area contributed by atoms with Gasteiger partial charge in [0, 0.05) is 37.6 Å². The SMILES string of the molecule is COc1ccc(CN2CCCN(C(=O)c3ccccc3SCc3nc(C)no3)CC2)cc1. The quantitative estimate of drug-likeness (QED) is 0.501. The molecule has 1 aromatic heterocycles. The molecule has 7 nitrogen and oxygen atoms in total. The lowest BCUT2D eigenvalue weighted by molar-refractivity contribution is 0.0757. The standard InChI is InChI=1S/C24H28N4O3S/c1-18-25-23(31-26-18)17-32-22-7-4-3-6-21(22)24(29)28-13-5-12-27(14-15-28)16-19-8-10-20(30-2)11-9-19/h3-4,6-11H,5,12-17H2,1-2H3. The van der Waals surface area contributed by atoms with Gasteiger partial charge in [-0.3, -0.25) is 9.69 Å². The summed E-state index contributed by atoms with van der Waals surface area (Å²) in [4.78, 5) is 22.9. The Morgan fingerprint density at radius 2 is 1.91 bits per heavy atom. The van der Waals surface area contributed by atoms with E-state index in [2.05, 4.69) is 27.2 Å². The molecule has 0 unspecified atom stereocenters. The predicted octanol–water partition coefficient (Wildman–Crippen LogP) is 4.03. The number of methoxy groups -OCH3 is 1. The van der Waals surface area contributed by atoms with E-state index in [-0.39, 0.29) is 5.91 Å². The molecule has 8 heteroatoms. The van der Waals surface area contributed by atoms with E-state index in [9.17, 15) is 4.79 Å². The van der Waals surface area contributed by atoms with Crippen molar-refractivity contribution in [1.82, 2.24) is 19.9 Å². The van der Waals surface area contributed by atoms with Crippen molar-refractivity contribution >= 4 is 17.7 Å². The van der Waals surface area contributed by atoms with Crippen molar-refractivity contribution in [3.8, 4) is 5.75 Å². The van der Waals surface area contributed by atoms with E-state index < -0.39 is 0 Å². The maximum atomic E-state index is 13.4. The van der Waals surface area contributed by atoms with Gasteiger partial charge in [0.15, 0.2) is 5.82 Å². The molecule has 0 saturated carbocycles. The van der Waals surface area contributed by atoms with Crippen LogP contribution < -0.4 is 4.74 Å². The van der Waals surface area contributed by atoms with Crippen molar-refractivity contribution in [3.05, 3.63) is 71.4 Å². The third kappa shape index (κ3) is 5.69. The van der Waals surface area contributed by atoms with Gasteiger partial charge >= 0.3 is 0 Å². The molecule has 0 aliphatic carbocycles. The third-order valence-electron chi connectivity index (χ3n) is 5.48. The largest absolute Gasteiger partial charge is 0.497 e. The molecule has 0 atom stereocenters. The summed E-state index contributed by atoms with van der Waals surface area (Å²) < 4.78 is 10.4. The molecule has 4 rings (SSSR count). The molecule has 0 radical (unpaired) electrons. The van der Waals surface area contributed by atoms with E-state index in [1.54, 1.807) is 25.8 Å². The second-order valence-electron chi connectivity index (χ2n) is 7.79. The van der Waals surface area contributed by atoms with Crippen LogP contribution >= 0.6 is 11.8 Å². The summed E-state index contributed by atoms with van der Waals surface area (Å²) >= 11 is 1.55. The molecule has 32 heavy (non-hydrogen) atoms. The van der Waals surface area contributed by atoms with Gasteiger partial charge in [-0.15, -0.1) is 11.8 Å². The van der Waals surface area contributed by atoms with E-state index in [1.165, 1.54) is 5.56 Å². The number of aryl methyl sites for hydroxylation is 1. The van der Waals surface area contributed by atoms with Crippen LogP contribution in [0.25, 0.3) is 0 Å². The lowest BCUT2D eigenvalue weighted by atomic mass is 10.2. The molecule has 0 bridgehead atoms. The molecular weight excluding hydrogens is 424 g/mol. The second kappa shape index (κ2) is 10.7. The molecule has 2 aromatic carbocycles. The molecule has 1 fully saturated rings. The monoisotopic (exact) mass is 452 g/mol. The highest BCUT2D eigenvalue weighted by Crippen LogP contribution is 2.27. The summed E-state index contributed by atoms with van der Waals surface area (Å²) in [5.74, 6) is 2.68. The first kappa shape index (κ1) is 22.4. The van der Waals surface area contributed by atoms with E-state index in [0.29, 0.717) is 17.5 Å². The molecular formula is C24H28N4O3S. The Bertz CT molecular complexity index is 1040. The summed E-state index contributed by atoms with van der Waals surface area (Å²) in [5.41, 5.74) is 1.99. The van der Waals surface area contributed by atoms with Crippen molar-refractivity contribution in [3.63, 3.8) is 0 Å². The molecule has 1 aliphatic rings. The highest BCUT2D eigenvalue weighted by molar-refractivity contribution is 7.98. The first-order valence-corrected chi connectivity index (χ1v) is 11.8. The van der Waals surface area contributed by atoms with Crippen molar-refractivity contribution in [2.45, 2.75) is 30.5 Å². The van der Waals surface area contributed by atoms with Gasteiger partial charge in [0.2, 0.25) is 5.89 Å². The molecule has 1 aliphatic heterocycles. The Morgan fingerprint density at radius 3 is 2.66 bits per heavy atom. The van der Waals surface area contributed by atoms with Crippen LogP contribution in [-0.4, -0.2) is 59.1 Å². The van der Waals surface area contributed by atoms with Crippen molar-refractivity contribution in [1.29, 1.82) is 0 Å². The minimum absolute atomic E-state index is 0.0844. The molecule has 0 N–H and O–H groups in total. The minimum atomic E-state index is 0.0844. The van der Waals surface area contributed by atoms with E-state index in [0.717, 1.165) is 55.4 Å². The van der Waals surface area contributed by atoms with E-state index in [1.807, 2.05) is 41.3 Å². The van der Waals surface area contributed by atoms with Crippen LogP contribution in [0, 0.1) is 6.92 Å². The fourth-order valence-electron chi connectivity index (χ4n) is 3.80. The summed E-state index contributed by atoms with van der Waals surface area (Å²) in [6.45, 7) is 5.99. The average molecular weight is 453 g/mol. The number of ether oxygens (including phenoxy) is 1. The van der Waals surface area contributed by atoms with Crippen molar-refractivity contribution < 1.29 is 14.1 Å². The van der Waals surface area contributed by atoms with Gasteiger partial charge in [-0.1, -0.05) is 29.4 Å². The van der Waals surface area contributed by atoms with Crippen LogP contribution in [0.4, 0.5) is 0 Å². The maximum absolute atomic E-state index is 13.4. The number of aromatic nitrogens is 2. The smallest absolute Gasteiger partial charge is 0.255 e. The van der Waals surface area contributed by atoms with Crippen LogP contribution in [0.3, 0.4) is 0 Å². The molecule has 168 valence electrons. The van der Waals surface area contributed by atoms with E-state index >= 15 is 0 Å². The van der Waals surface area contributed by atoms with Gasteiger partial charge in [-0.05, 0) is 43.2 Å². The zero-order valence-electron chi connectivity index (χ0n) is 18.5. The van der Waals surface area contributed by atoms with Crippen molar-refractivity contribution in [2.75, 3.05) is 33.3 Å². The van der Waals surface area contributed by atoms with E-state index in [4.69, 9.17) is 9.26 Å². The highest BCUT2D eigenvalue weighted by atomic mass is 32.2. The van der Waals surface area contributed by atoms with Gasteiger partial charge in [-0.2, -0.15) is 4.98 Å². The number of benzene rings is 2.